The lowest BCUT2D eigenvalue weighted by molar-refractivity contribution is 0.111. The molecule has 2 aromatic rings. The summed E-state index contributed by atoms with van der Waals surface area (Å²) in [6.07, 6.45) is 0.787. The van der Waals surface area contributed by atoms with Crippen LogP contribution in [-0.2, 0) is 6.61 Å². The molecule has 122 valence electrons. The van der Waals surface area contributed by atoms with E-state index in [-0.39, 0.29) is 6.61 Å². The fraction of sp³-hybridized carbons (Fsp3) is 0.278. The van der Waals surface area contributed by atoms with Crippen LogP contribution >= 0.6 is 23.2 Å². The number of halogens is 2. The summed E-state index contributed by atoms with van der Waals surface area (Å²) in [6, 6.07) is 10.9. The molecule has 0 heterocycles. The van der Waals surface area contributed by atoms with E-state index in [1.54, 1.807) is 24.3 Å². The van der Waals surface area contributed by atoms with E-state index in [9.17, 15) is 4.79 Å². The van der Waals surface area contributed by atoms with E-state index in [1.807, 2.05) is 12.1 Å². The van der Waals surface area contributed by atoms with E-state index in [0.717, 1.165) is 25.1 Å². The van der Waals surface area contributed by atoms with Crippen molar-refractivity contribution in [3.8, 4) is 5.75 Å². The van der Waals surface area contributed by atoms with E-state index in [4.69, 9.17) is 27.9 Å². The third kappa shape index (κ3) is 4.18. The van der Waals surface area contributed by atoms with Gasteiger partial charge in [0.05, 0.1) is 5.56 Å². The molecular formula is C18H19Cl2NO2. The summed E-state index contributed by atoms with van der Waals surface area (Å²) in [5.41, 5.74) is 2.23. The van der Waals surface area contributed by atoms with Crippen LogP contribution in [0.3, 0.4) is 0 Å². The Bertz CT molecular complexity index is 664. The molecule has 0 unspecified atom stereocenters. The average molecular weight is 352 g/mol. The quantitative estimate of drug-likeness (QED) is 0.639. The van der Waals surface area contributed by atoms with Crippen LogP contribution in [0.15, 0.2) is 36.4 Å². The third-order valence-corrected chi connectivity index (χ3v) is 4.39. The number of nitrogens with zero attached hydrogens (tertiary/aromatic N) is 1. The molecule has 0 amide bonds. The highest BCUT2D eigenvalue weighted by atomic mass is 35.5. The molecule has 3 nitrogen and oxygen atoms in total. The zero-order valence-corrected chi connectivity index (χ0v) is 14.7. The van der Waals surface area contributed by atoms with Crippen LogP contribution in [0.1, 0.15) is 29.8 Å². The van der Waals surface area contributed by atoms with Gasteiger partial charge in [0, 0.05) is 40.5 Å². The summed E-state index contributed by atoms with van der Waals surface area (Å²) >= 11 is 12.3. The van der Waals surface area contributed by atoms with Gasteiger partial charge in [0.2, 0.25) is 0 Å². The number of hydrogen-bond acceptors (Lipinski definition) is 3. The molecule has 0 saturated carbocycles. The highest BCUT2D eigenvalue weighted by molar-refractivity contribution is 6.35. The topological polar surface area (TPSA) is 29.5 Å². The third-order valence-electron chi connectivity index (χ3n) is 3.69. The Morgan fingerprint density at radius 1 is 1.09 bits per heavy atom. The minimum absolute atomic E-state index is 0.209. The van der Waals surface area contributed by atoms with Crippen LogP contribution < -0.4 is 9.64 Å². The van der Waals surface area contributed by atoms with Crippen LogP contribution in [0.5, 0.6) is 5.75 Å². The molecule has 23 heavy (non-hydrogen) atoms. The summed E-state index contributed by atoms with van der Waals surface area (Å²) in [4.78, 5) is 13.4. The molecule has 0 fully saturated rings. The standard InChI is InChI=1S/C18H19Cl2NO2/c1-3-21(4-2)14-9-8-13(11-22)18(10-14)23-12-15-16(19)6-5-7-17(15)20/h5-11H,3-4,12H2,1-2H3. The summed E-state index contributed by atoms with van der Waals surface area (Å²) in [6.45, 7) is 6.14. The number of hydrogen-bond donors (Lipinski definition) is 0. The van der Waals surface area contributed by atoms with Crippen molar-refractivity contribution in [2.75, 3.05) is 18.0 Å². The lowest BCUT2D eigenvalue weighted by Crippen LogP contribution is -2.21. The van der Waals surface area contributed by atoms with E-state index < -0.39 is 0 Å². The summed E-state index contributed by atoms with van der Waals surface area (Å²) in [7, 11) is 0. The maximum atomic E-state index is 11.2. The van der Waals surface area contributed by atoms with Gasteiger partial charge in [0.1, 0.15) is 12.4 Å². The number of carbonyl (C=O) groups is 1. The molecule has 0 aliphatic heterocycles. The van der Waals surface area contributed by atoms with Gasteiger partial charge in [0.15, 0.2) is 6.29 Å². The zero-order valence-electron chi connectivity index (χ0n) is 13.2. The lowest BCUT2D eigenvalue weighted by Gasteiger charge is -2.22. The van der Waals surface area contributed by atoms with Gasteiger partial charge in [-0.15, -0.1) is 0 Å². The van der Waals surface area contributed by atoms with Gasteiger partial charge in [-0.05, 0) is 38.1 Å². The first-order chi connectivity index (χ1) is 11.1. The second-order valence-electron chi connectivity index (χ2n) is 5.00. The molecule has 0 aliphatic rings. The number of ether oxygens (including phenoxy) is 1. The molecular weight excluding hydrogens is 333 g/mol. The second-order valence-corrected chi connectivity index (χ2v) is 5.82. The molecule has 5 heteroatoms. The van der Waals surface area contributed by atoms with Crippen LogP contribution in [0.4, 0.5) is 5.69 Å². The SMILES string of the molecule is CCN(CC)c1ccc(C=O)c(OCc2c(Cl)cccc2Cl)c1. The van der Waals surface area contributed by atoms with Crippen molar-refractivity contribution in [1.29, 1.82) is 0 Å². The monoisotopic (exact) mass is 351 g/mol. The Hall–Kier alpha value is -1.71. The fourth-order valence-electron chi connectivity index (χ4n) is 2.35. The lowest BCUT2D eigenvalue weighted by atomic mass is 10.1. The maximum Gasteiger partial charge on any atom is 0.153 e. The van der Waals surface area contributed by atoms with Crippen molar-refractivity contribution in [3.63, 3.8) is 0 Å². The fourth-order valence-corrected chi connectivity index (χ4v) is 2.86. The van der Waals surface area contributed by atoms with Crippen molar-refractivity contribution in [2.24, 2.45) is 0 Å². The van der Waals surface area contributed by atoms with Crippen LogP contribution in [0.2, 0.25) is 10.0 Å². The van der Waals surface area contributed by atoms with E-state index in [1.165, 1.54) is 0 Å². The van der Waals surface area contributed by atoms with Gasteiger partial charge in [-0.25, -0.2) is 0 Å². The van der Waals surface area contributed by atoms with E-state index >= 15 is 0 Å². The second kappa shape index (κ2) is 8.23. The molecule has 0 aromatic heterocycles. The van der Waals surface area contributed by atoms with Crippen molar-refractivity contribution in [3.05, 3.63) is 57.6 Å². The molecule has 0 spiro atoms. The van der Waals surface area contributed by atoms with Gasteiger partial charge < -0.3 is 9.64 Å². The van der Waals surface area contributed by atoms with Crippen molar-refractivity contribution >= 4 is 35.2 Å². The number of rotatable bonds is 7. The van der Waals surface area contributed by atoms with Crippen molar-refractivity contribution in [2.45, 2.75) is 20.5 Å². The molecule has 0 aliphatic carbocycles. The minimum atomic E-state index is 0.209. The smallest absolute Gasteiger partial charge is 0.153 e. The highest BCUT2D eigenvalue weighted by Crippen LogP contribution is 2.29. The maximum absolute atomic E-state index is 11.2. The molecule has 0 atom stereocenters. The molecule has 0 N–H and O–H groups in total. The minimum Gasteiger partial charge on any atom is -0.488 e. The van der Waals surface area contributed by atoms with Crippen LogP contribution in [0, 0.1) is 0 Å². The Morgan fingerprint density at radius 3 is 2.30 bits per heavy atom. The van der Waals surface area contributed by atoms with Crippen molar-refractivity contribution in [1.82, 2.24) is 0 Å². The molecule has 0 saturated heterocycles. The van der Waals surface area contributed by atoms with Gasteiger partial charge in [-0.3, -0.25) is 4.79 Å². The molecule has 2 aromatic carbocycles. The van der Waals surface area contributed by atoms with Crippen LogP contribution in [-0.4, -0.2) is 19.4 Å². The predicted molar refractivity (Wildman–Crippen MR) is 96.2 cm³/mol. The number of carbonyl (C=O) groups excluding carboxylic acids is 1. The first-order valence-electron chi connectivity index (χ1n) is 7.50. The molecule has 0 radical (unpaired) electrons. The number of aldehydes is 1. The van der Waals surface area contributed by atoms with Crippen molar-refractivity contribution < 1.29 is 9.53 Å². The van der Waals surface area contributed by atoms with E-state index in [2.05, 4.69) is 18.7 Å². The van der Waals surface area contributed by atoms with E-state index in [0.29, 0.717) is 26.9 Å². The van der Waals surface area contributed by atoms with Gasteiger partial charge in [-0.2, -0.15) is 0 Å². The predicted octanol–water partition coefficient (Wildman–Crippen LogP) is 5.23. The first-order valence-corrected chi connectivity index (χ1v) is 8.26. The number of benzene rings is 2. The largest absolute Gasteiger partial charge is 0.488 e. The Balaban J connectivity index is 2.27. The summed E-state index contributed by atoms with van der Waals surface area (Å²) in [5, 5.41) is 1.09. The molecule has 2 rings (SSSR count). The summed E-state index contributed by atoms with van der Waals surface area (Å²) in [5.74, 6) is 0.528. The summed E-state index contributed by atoms with van der Waals surface area (Å²) < 4.78 is 5.83. The normalized spacial score (nSPS) is 10.4. The van der Waals surface area contributed by atoms with Gasteiger partial charge in [0.25, 0.3) is 0 Å². The Labute approximate surface area is 146 Å². The highest BCUT2D eigenvalue weighted by Gasteiger charge is 2.11. The Morgan fingerprint density at radius 2 is 1.74 bits per heavy atom. The number of anilines is 1. The zero-order chi connectivity index (χ0) is 16.8. The average Bonchev–Trinajstić information content (AvgIpc) is 2.56. The first kappa shape index (κ1) is 17.6. The van der Waals surface area contributed by atoms with Crippen LogP contribution in [0.25, 0.3) is 0 Å². The molecule has 0 bridgehead atoms. The van der Waals surface area contributed by atoms with Gasteiger partial charge in [-0.1, -0.05) is 29.3 Å². The Kier molecular flexibility index (Phi) is 6.31. The van der Waals surface area contributed by atoms with Gasteiger partial charge >= 0.3 is 0 Å².